The summed E-state index contributed by atoms with van der Waals surface area (Å²) in [6, 6.07) is 3.78. The molecule has 0 saturated carbocycles. The first-order valence-electron chi connectivity index (χ1n) is 4.10. The van der Waals surface area contributed by atoms with Crippen LogP contribution < -0.4 is 5.73 Å². The van der Waals surface area contributed by atoms with Crippen LogP contribution >= 0.6 is 15.9 Å². The van der Waals surface area contributed by atoms with Gasteiger partial charge >= 0.3 is 0 Å². The summed E-state index contributed by atoms with van der Waals surface area (Å²) in [4.78, 5) is 4.20. The van der Waals surface area contributed by atoms with Crippen molar-refractivity contribution in [1.29, 1.82) is 0 Å². The fourth-order valence-corrected chi connectivity index (χ4v) is 1.33. The first-order valence-corrected chi connectivity index (χ1v) is 4.90. The quantitative estimate of drug-likeness (QED) is 0.844. The van der Waals surface area contributed by atoms with Crippen LogP contribution in [0.5, 0.6) is 0 Å². The van der Waals surface area contributed by atoms with E-state index in [1.807, 2.05) is 19.1 Å². The van der Waals surface area contributed by atoms with Crippen LogP contribution in [-0.4, -0.2) is 14.8 Å². The van der Waals surface area contributed by atoms with Crippen molar-refractivity contribution in [3.8, 4) is 5.82 Å². The lowest BCUT2D eigenvalue weighted by Gasteiger charge is -1.98. The summed E-state index contributed by atoms with van der Waals surface area (Å²) in [7, 11) is 0. The average Bonchev–Trinajstić information content (AvgIpc) is 2.48. The molecule has 0 aliphatic heterocycles. The molecule has 4 nitrogen and oxygen atoms in total. The molecule has 0 radical (unpaired) electrons. The summed E-state index contributed by atoms with van der Waals surface area (Å²) in [5.41, 5.74) is 7.18. The van der Waals surface area contributed by atoms with Crippen molar-refractivity contribution in [3.05, 3.63) is 34.7 Å². The van der Waals surface area contributed by atoms with Gasteiger partial charge in [-0.15, -0.1) is 0 Å². The molecule has 2 rings (SSSR count). The third kappa shape index (κ3) is 1.63. The highest BCUT2D eigenvalue weighted by Gasteiger charge is 2.03. The van der Waals surface area contributed by atoms with Gasteiger partial charge in [-0.05, 0) is 35.0 Å². The van der Waals surface area contributed by atoms with E-state index < -0.39 is 0 Å². The van der Waals surface area contributed by atoms with Gasteiger partial charge in [-0.1, -0.05) is 0 Å². The zero-order valence-corrected chi connectivity index (χ0v) is 9.19. The number of aromatic nitrogens is 3. The average molecular weight is 253 g/mol. The van der Waals surface area contributed by atoms with Gasteiger partial charge in [0.15, 0.2) is 5.82 Å². The van der Waals surface area contributed by atoms with Crippen molar-refractivity contribution < 1.29 is 0 Å². The smallest absolute Gasteiger partial charge is 0.153 e. The van der Waals surface area contributed by atoms with E-state index in [-0.39, 0.29) is 0 Å². The van der Waals surface area contributed by atoms with Crippen LogP contribution in [0.1, 0.15) is 5.69 Å². The SMILES string of the molecule is Cc1nn(-c2ccc(Br)cn2)cc1N. The Balaban J connectivity index is 2.44. The van der Waals surface area contributed by atoms with Crippen molar-refractivity contribution in [2.45, 2.75) is 6.92 Å². The molecule has 5 heteroatoms. The maximum absolute atomic E-state index is 5.69. The summed E-state index contributed by atoms with van der Waals surface area (Å²) in [6.45, 7) is 1.87. The molecule has 0 unspecified atom stereocenters. The fraction of sp³-hybridized carbons (Fsp3) is 0.111. The lowest BCUT2D eigenvalue weighted by molar-refractivity contribution is 0.832. The normalized spacial score (nSPS) is 10.4. The van der Waals surface area contributed by atoms with Crippen LogP contribution in [0.25, 0.3) is 5.82 Å². The van der Waals surface area contributed by atoms with Crippen molar-refractivity contribution in [1.82, 2.24) is 14.8 Å². The van der Waals surface area contributed by atoms with Crippen LogP contribution in [0.2, 0.25) is 0 Å². The molecular weight excluding hydrogens is 244 g/mol. The summed E-state index contributed by atoms with van der Waals surface area (Å²) in [6.07, 6.45) is 3.48. The Hall–Kier alpha value is -1.36. The van der Waals surface area contributed by atoms with Crippen molar-refractivity contribution in [2.24, 2.45) is 0 Å². The Labute approximate surface area is 89.9 Å². The number of halogens is 1. The predicted octanol–water partition coefficient (Wildman–Crippen LogP) is 1.92. The lowest BCUT2D eigenvalue weighted by Crippen LogP contribution is -1.97. The second kappa shape index (κ2) is 3.42. The van der Waals surface area contributed by atoms with Crippen molar-refractivity contribution in [3.63, 3.8) is 0 Å². The van der Waals surface area contributed by atoms with Gasteiger partial charge in [-0.2, -0.15) is 5.10 Å². The van der Waals surface area contributed by atoms with E-state index in [4.69, 9.17) is 5.73 Å². The maximum Gasteiger partial charge on any atom is 0.153 e. The molecule has 14 heavy (non-hydrogen) atoms. The molecule has 0 aromatic carbocycles. The van der Waals surface area contributed by atoms with Crippen LogP contribution in [0.3, 0.4) is 0 Å². The molecule has 0 amide bonds. The molecule has 72 valence electrons. The number of nitrogens with two attached hydrogens (primary N) is 1. The minimum absolute atomic E-state index is 0.676. The minimum atomic E-state index is 0.676. The number of hydrogen-bond acceptors (Lipinski definition) is 3. The number of nitrogens with zero attached hydrogens (tertiary/aromatic N) is 3. The number of pyridine rings is 1. The predicted molar refractivity (Wildman–Crippen MR) is 58.2 cm³/mol. The Morgan fingerprint density at radius 3 is 2.71 bits per heavy atom. The largest absolute Gasteiger partial charge is 0.396 e. The van der Waals surface area contributed by atoms with Crippen LogP contribution in [0.15, 0.2) is 29.0 Å². The minimum Gasteiger partial charge on any atom is -0.396 e. The number of hydrogen-bond donors (Lipinski definition) is 1. The van der Waals surface area contributed by atoms with Gasteiger partial charge < -0.3 is 5.73 Å². The van der Waals surface area contributed by atoms with Gasteiger partial charge in [0, 0.05) is 10.7 Å². The number of nitrogen functional groups attached to an aromatic ring is 1. The van der Waals surface area contributed by atoms with Crippen molar-refractivity contribution >= 4 is 21.6 Å². The van der Waals surface area contributed by atoms with E-state index in [2.05, 4.69) is 26.0 Å². The molecule has 0 fully saturated rings. The molecule has 0 atom stereocenters. The zero-order valence-electron chi connectivity index (χ0n) is 7.61. The zero-order chi connectivity index (χ0) is 10.1. The first-order chi connectivity index (χ1) is 6.66. The van der Waals surface area contributed by atoms with Crippen molar-refractivity contribution in [2.75, 3.05) is 5.73 Å². The Kier molecular flexibility index (Phi) is 2.25. The van der Waals surface area contributed by atoms with E-state index in [1.165, 1.54) is 0 Å². The van der Waals surface area contributed by atoms with Gasteiger partial charge in [0.2, 0.25) is 0 Å². The standard InChI is InChI=1S/C9H9BrN4/c1-6-8(11)5-14(13-6)9-3-2-7(10)4-12-9/h2-5H,11H2,1H3. The maximum atomic E-state index is 5.69. The van der Waals surface area contributed by atoms with Crippen LogP contribution in [0.4, 0.5) is 5.69 Å². The van der Waals surface area contributed by atoms with E-state index in [9.17, 15) is 0 Å². The van der Waals surface area contributed by atoms with Gasteiger partial charge in [0.05, 0.1) is 17.6 Å². The summed E-state index contributed by atoms with van der Waals surface area (Å²) in [5, 5.41) is 4.22. The summed E-state index contributed by atoms with van der Waals surface area (Å²) < 4.78 is 2.61. The molecule has 2 aromatic rings. The highest BCUT2D eigenvalue weighted by atomic mass is 79.9. The molecule has 2 heterocycles. The van der Waals surface area contributed by atoms with Crippen LogP contribution in [-0.2, 0) is 0 Å². The van der Waals surface area contributed by atoms with Gasteiger partial charge in [0.25, 0.3) is 0 Å². The van der Waals surface area contributed by atoms with E-state index in [1.54, 1.807) is 17.1 Å². The van der Waals surface area contributed by atoms with Crippen LogP contribution in [0, 0.1) is 6.92 Å². The second-order valence-corrected chi connectivity index (χ2v) is 3.86. The fourth-order valence-electron chi connectivity index (χ4n) is 1.09. The first kappa shape index (κ1) is 9.21. The Morgan fingerprint density at radius 2 is 2.21 bits per heavy atom. The van der Waals surface area contributed by atoms with E-state index >= 15 is 0 Å². The molecule has 0 saturated heterocycles. The molecular formula is C9H9BrN4. The Bertz CT molecular complexity index is 427. The summed E-state index contributed by atoms with van der Waals surface area (Å²) in [5.74, 6) is 0.757. The third-order valence-electron chi connectivity index (χ3n) is 1.88. The van der Waals surface area contributed by atoms with Gasteiger partial charge in [-0.25, -0.2) is 9.67 Å². The van der Waals surface area contributed by atoms with Gasteiger partial charge in [0.1, 0.15) is 0 Å². The third-order valence-corrected chi connectivity index (χ3v) is 2.35. The molecule has 0 aliphatic rings. The molecule has 0 spiro atoms. The topological polar surface area (TPSA) is 56.7 Å². The highest BCUT2D eigenvalue weighted by Crippen LogP contribution is 2.13. The van der Waals surface area contributed by atoms with E-state index in [0.717, 1.165) is 16.0 Å². The molecule has 0 aliphatic carbocycles. The number of rotatable bonds is 1. The number of aryl methyl sites for hydroxylation is 1. The molecule has 2 aromatic heterocycles. The molecule has 2 N–H and O–H groups in total. The van der Waals surface area contributed by atoms with E-state index in [0.29, 0.717) is 5.69 Å². The molecule has 0 bridgehead atoms. The van der Waals surface area contributed by atoms with Gasteiger partial charge in [-0.3, -0.25) is 0 Å². The summed E-state index contributed by atoms with van der Waals surface area (Å²) >= 11 is 3.32. The second-order valence-electron chi connectivity index (χ2n) is 2.95. The lowest BCUT2D eigenvalue weighted by atomic mass is 10.4. The monoisotopic (exact) mass is 252 g/mol. The highest BCUT2D eigenvalue weighted by molar-refractivity contribution is 9.10. The number of anilines is 1. The Morgan fingerprint density at radius 1 is 1.43 bits per heavy atom.